The lowest BCUT2D eigenvalue weighted by molar-refractivity contribution is 0.0744. The first kappa shape index (κ1) is 11.7. The maximum absolute atomic E-state index is 9.44. The van der Waals surface area contributed by atoms with Gasteiger partial charge in [0.25, 0.3) is 0 Å². The summed E-state index contributed by atoms with van der Waals surface area (Å²) in [6.07, 6.45) is 0.934. The minimum atomic E-state index is -0.359. The van der Waals surface area contributed by atoms with Crippen LogP contribution in [0.25, 0.3) is 0 Å². The molecule has 0 spiro atoms. The van der Waals surface area contributed by atoms with E-state index in [2.05, 4.69) is 13.8 Å². The van der Waals surface area contributed by atoms with Crippen molar-refractivity contribution in [2.24, 2.45) is 11.8 Å². The van der Waals surface area contributed by atoms with Crippen LogP contribution < -0.4 is 4.74 Å². The minimum absolute atomic E-state index is 0.0818. The molecule has 0 bridgehead atoms. The summed E-state index contributed by atoms with van der Waals surface area (Å²) < 4.78 is 5.88. The van der Waals surface area contributed by atoms with Crippen molar-refractivity contribution in [3.63, 3.8) is 0 Å². The van der Waals surface area contributed by atoms with E-state index in [1.165, 1.54) is 0 Å². The number of rotatable bonds is 4. The van der Waals surface area contributed by atoms with Crippen molar-refractivity contribution >= 4 is 11.6 Å². The van der Waals surface area contributed by atoms with Gasteiger partial charge in [-0.05, 0) is 36.6 Å². The number of halogens is 1. The molecule has 16 heavy (non-hydrogen) atoms. The lowest BCUT2D eigenvalue weighted by Crippen LogP contribution is -2.27. The van der Waals surface area contributed by atoms with Gasteiger partial charge in [-0.25, -0.2) is 0 Å². The summed E-state index contributed by atoms with van der Waals surface area (Å²) >= 11 is 5.81. The Labute approximate surface area is 101 Å². The van der Waals surface area contributed by atoms with Crippen molar-refractivity contribution in [1.82, 2.24) is 0 Å². The first-order valence-electron chi connectivity index (χ1n) is 5.63. The van der Waals surface area contributed by atoms with Gasteiger partial charge in [0.1, 0.15) is 11.4 Å². The molecular weight excluding hydrogens is 224 g/mol. The smallest absolute Gasteiger partial charge is 0.135 e. The van der Waals surface area contributed by atoms with Crippen molar-refractivity contribution in [3.8, 4) is 5.75 Å². The highest BCUT2D eigenvalue weighted by atomic mass is 35.5. The Morgan fingerprint density at radius 2 is 2.06 bits per heavy atom. The Kier molecular flexibility index (Phi) is 3.13. The van der Waals surface area contributed by atoms with E-state index in [-0.39, 0.29) is 12.2 Å². The fourth-order valence-electron chi connectivity index (χ4n) is 2.23. The van der Waals surface area contributed by atoms with Gasteiger partial charge in [-0.2, -0.15) is 0 Å². The van der Waals surface area contributed by atoms with Gasteiger partial charge in [-0.3, -0.25) is 0 Å². The lowest BCUT2D eigenvalue weighted by atomic mass is 10.1. The van der Waals surface area contributed by atoms with Crippen LogP contribution in [0.4, 0.5) is 0 Å². The Balaban J connectivity index is 2.06. The Morgan fingerprint density at radius 1 is 1.44 bits per heavy atom. The fourth-order valence-corrected chi connectivity index (χ4v) is 2.35. The monoisotopic (exact) mass is 240 g/mol. The maximum atomic E-state index is 9.44. The molecule has 1 aliphatic carbocycles. The average molecular weight is 241 g/mol. The molecule has 1 N–H and O–H groups in total. The zero-order chi connectivity index (χ0) is 11.8. The number of ether oxygens (including phenoxy) is 1. The van der Waals surface area contributed by atoms with E-state index in [0.29, 0.717) is 16.9 Å². The minimum Gasteiger partial charge on any atom is -0.485 e. The number of aliphatic hydroxyl groups is 1. The second kappa shape index (κ2) is 4.27. The average Bonchev–Trinajstić information content (AvgIpc) is 2.97. The molecule has 0 radical (unpaired) electrons. The van der Waals surface area contributed by atoms with Crippen molar-refractivity contribution in [2.45, 2.75) is 25.9 Å². The van der Waals surface area contributed by atoms with Gasteiger partial charge >= 0.3 is 0 Å². The number of hydrogen-bond donors (Lipinski definition) is 1. The van der Waals surface area contributed by atoms with Gasteiger partial charge in [0.05, 0.1) is 6.61 Å². The van der Waals surface area contributed by atoms with Crippen LogP contribution in [0.1, 0.15) is 20.3 Å². The molecule has 1 saturated carbocycles. The van der Waals surface area contributed by atoms with Crippen LogP contribution in [0.2, 0.25) is 5.02 Å². The Morgan fingerprint density at radius 3 is 2.50 bits per heavy atom. The summed E-state index contributed by atoms with van der Waals surface area (Å²) in [5, 5.41) is 10.1. The zero-order valence-corrected chi connectivity index (χ0v) is 10.4. The standard InChI is InChI=1S/C13H17ClO2/c1-9(2)12-7-13(12,8-15)16-11-5-3-10(14)4-6-11/h3-6,9,12,15H,7-8H2,1-2H3/t12-,13+/m0/s1. The Bertz CT molecular complexity index is 361. The summed E-state index contributed by atoms with van der Waals surface area (Å²) in [6.45, 7) is 4.40. The van der Waals surface area contributed by atoms with E-state index in [4.69, 9.17) is 16.3 Å². The van der Waals surface area contributed by atoms with Gasteiger partial charge < -0.3 is 9.84 Å². The lowest BCUT2D eigenvalue weighted by Gasteiger charge is -2.19. The molecule has 88 valence electrons. The van der Waals surface area contributed by atoms with E-state index in [9.17, 15) is 5.11 Å². The van der Waals surface area contributed by atoms with E-state index in [1.807, 2.05) is 12.1 Å². The first-order chi connectivity index (χ1) is 7.57. The van der Waals surface area contributed by atoms with Crippen LogP contribution in [-0.4, -0.2) is 17.3 Å². The van der Waals surface area contributed by atoms with Gasteiger partial charge in [0, 0.05) is 10.9 Å². The maximum Gasteiger partial charge on any atom is 0.135 e. The summed E-state index contributed by atoms with van der Waals surface area (Å²) in [7, 11) is 0. The highest BCUT2D eigenvalue weighted by Crippen LogP contribution is 2.51. The quantitative estimate of drug-likeness (QED) is 0.876. The normalized spacial score (nSPS) is 28.2. The van der Waals surface area contributed by atoms with E-state index in [1.54, 1.807) is 12.1 Å². The van der Waals surface area contributed by atoms with Gasteiger partial charge in [-0.15, -0.1) is 0 Å². The summed E-state index contributed by atoms with van der Waals surface area (Å²) in [5.41, 5.74) is -0.359. The molecule has 1 aromatic carbocycles. The third kappa shape index (κ3) is 2.18. The Hall–Kier alpha value is -0.730. The van der Waals surface area contributed by atoms with Crippen LogP contribution in [0.15, 0.2) is 24.3 Å². The second-order valence-corrected chi connectivity index (χ2v) is 5.27. The highest BCUT2D eigenvalue weighted by molar-refractivity contribution is 6.30. The molecule has 1 aromatic rings. The third-order valence-corrected chi connectivity index (χ3v) is 3.54. The molecule has 2 atom stereocenters. The molecule has 1 aliphatic rings. The molecular formula is C13H17ClO2. The van der Waals surface area contributed by atoms with Crippen LogP contribution in [-0.2, 0) is 0 Å². The summed E-state index contributed by atoms with van der Waals surface area (Å²) in [4.78, 5) is 0. The zero-order valence-electron chi connectivity index (χ0n) is 9.61. The molecule has 0 heterocycles. The van der Waals surface area contributed by atoms with Gasteiger partial charge in [-0.1, -0.05) is 25.4 Å². The van der Waals surface area contributed by atoms with Crippen molar-refractivity contribution in [3.05, 3.63) is 29.3 Å². The summed E-state index contributed by atoms with van der Waals surface area (Å²) in [6, 6.07) is 7.29. The predicted molar refractivity (Wildman–Crippen MR) is 64.8 cm³/mol. The van der Waals surface area contributed by atoms with Crippen molar-refractivity contribution < 1.29 is 9.84 Å². The molecule has 0 aliphatic heterocycles. The number of hydrogen-bond acceptors (Lipinski definition) is 2. The number of aliphatic hydroxyl groups excluding tert-OH is 1. The molecule has 0 saturated heterocycles. The molecule has 0 aromatic heterocycles. The van der Waals surface area contributed by atoms with Gasteiger partial charge in [0.2, 0.25) is 0 Å². The predicted octanol–water partition coefficient (Wildman–Crippen LogP) is 3.13. The van der Waals surface area contributed by atoms with Crippen LogP contribution in [0, 0.1) is 11.8 Å². The SMILES string of the molecule is CC(C)[C@@H]1C[C@]1(CO)Oc1ccc(Cl)cc1. The van der Waals surface area contributed by atoms with Crippen molar-refractivity contribution in [2.75, 3.05) is 6.61 Å². The van der Waals surface area contributed by atoms with Crippen molar-refractivity contribution in [1.29, 1.82) is 0 Å². The third-order valence-electron chi connectivity index (χ3n) is 3.29. The van der Waals surface area contributed by atoms with Crippen LogP contribution >= 0.6 is 11.6 Å². The molecule has 0 amide bonds. The molecule has 2 nitrogen and oxygen atoms in total. The highest BCUT2D eigenvalue weighted by Gasteiger charge is 2.57. The molecule has 3 heteroatoms. The van der Waals surface area contributed by atoms with Gasteiger partial charge in [0.15, 0.2) is 0 Å². The largest absolute Gasteiger partial charge is 0.485 e. The first-order valence-corrected chi connectivity index (χ1v) is 6.00. The molecule has 0 unspecified atom stereocenters. The summed E-state index contributed by atoms with van der Waals surface area (Å²) in [5.74, 6) is 1.77. The number of benzene rings is 1. The molecule has 2 rings (SSSR count). The van der Waals surface area contributed by atoms with Crippen LogP contribution in [0.3, 0.4) is 0 Å². The van der Waals surface area contributed by atoms with E-state index < -0.39 is 0 Å². The topological polar surface area (TPSA) is 29.5 Å². The molecule has 1 fully saturated rings. The second-order valence-electron chi connectivity index (χ2n) is 4.83. The fraction of sp³-hybridized carbons (Fsp3) is 0.538. The van der Waals surface area contributed by atoms with Crippen LogP contribution in [0.5, 0.6) is 5.75 Å². The van der Waals surface area contributed by atoms with E-state index >= 15 is 0 Å². The van der Waals surface area contributed by atoms with E-state index in [0.717, 1.165) is 12.2 Å².